The largest absolute Gasteiger partial charge is 0.493 e. The number of benzene rings is 3. The molecule has 8 heteroatoms. The van der Waals surface area contributed by atoms with Crippen LogP contribution in [0.25, 0.3) is 10.9 Å². The van der Waals surface area contributed by atoms with Gasteiger partial charge in [-0.3, -0.25) is 9.78 Å². The van der Waals surface area contributed by atoms with Crippen LogP contribution in [-0.4, -0.2) is 29.9 Å². The molecule has 0 saturated carbocycles. The molecular weight excluding hydrogens is 484 g/mol. The van der Waals surface area contributed by atoms with Crippen LogP contribution in [0.2, 0.25) is 0 Å². The third kappa shape index (κ3) is 6.01. The van der Waals surface area contributed by atoms with Crippen LogP contribution in [0.15, 0.2) is 66.9 Å². The summed E-state index contributed by atoms with van der Waals surface area (Å²) >= 11 is 5.35. The molecular formula is C28H23F2NO4S. The van der Waals surface area contributed by atoms with Crippen LogP contribution in [0, 0.1) is 11.6 Å². The minimum atomic E-state index is -0.563. The third-order valence-electron chi connectivity index (χ3n) is 5.51. The van der Waals surface area contributed by atoms with Gasteiger partial charge in [0.2, 0.25) is 0 Å². The van der Waals surface area contributed by atoms with Crippen molar-refractivity contribution in [1.29, 1.82) is 0 Å². The summed E-state index contributed by atoms with van der Waals surface area (Å²) in [5.41, 5.74) is 1.82. The van der Waals surface area contributed by atoms with Crippen molar-refractivity contribution >= 4 is 33.8 Å². The Bertz CT molecular complexity index is 1440. The first kappa shape index (κ1) is 25.2. The monoisotopic (exact) mass is 507 g/mol. The highest BCUT2D eigenvalue weighted by atomic mass is 32.1. The summed E-state index contributed by atoms with van der Waals surface area (Å²) < 4.78 is 44.8. The van der Waals surface area contributed by atoms with E-state index in [0.29, 0.717) is 44.1 Å². The molecule has 4 rings (SSSR count). The number of nitrogens with zero attached hydrogens (tertiary/aromatic N) is 1. The van der Waals surface area contributed by atoms with Crippen molar-refractivity contribution in [3.8, 4) is 23.0 Å². The Hall–Kier alpha value is -3.91. The van der Waals surface area contributed by atoms with Gasteiger partial charge >= 0.3 is 0 Å². The number of fused-ring (bicyclic) bond motifs is 1. The molecule has 0 aliphatic rings. The van der Waals surface area contributed by atoms with Crippen molar-refractivity contribution in [2.45, 2.75) is 19.3 Å². The molecule has 5 nitrogen and oxygen atoms in total. The summed E-state index contributed by atoms with van der Waals surface area (Å²) in [5.74, 6) is 0.392. The van der Waals surface area contributed by atoms with Gasteiger partial charge in [-0.15, -0.1) is 0 Å². The van der Waals surface area contributed by atoms with E-state index in [1.54, 1.807) is 42.6 Å². The number of carbonyl (C=O) groups excluding carboxylic acids is 1. The molecule has 36 heavy (non-hydrogen) atoms. The van der Waals surface area contributed by atoms with Gasteiger partial charge in [0, 0.05) is 41.8 Å². The molecule has 0 aliphatic carbocycles. The Morgan fingerprint density at radius 1 is 0.861 bits per heavy atom. The fourth-order valence-corrected chi connectivity index (χ4v) is 4.17. The minimum Gasteiger partial charge on any atom is -0.493 e. The second-order valence-electron chi connectivity index (χ2n) is 8.14. The van der Waals surface area contributed by atoms with E-state index in [1.807, 2.05) is 0 Å². The lowest BCUT2D eigenvalue weighted by molar-refractivity contribution is -0.117. The van der Waals surface area contributed by atoms with Crippen LogP contribution in [0.4, 0.5) is 8.78 Å². The van der Waals surface area contributed by atoms with Crippen molar-refractivity contribution < 1.29 is 27.8 Å². The molecule has 0 aliphatic heterocycles. The second-order valence-corrected chi connectivity index (χ2v) is 8.72. The van der Waals surface area contributed by atoms with E-state index >= 15 is 0 Å². The molecule has 0 bridgehead atoms. The quantitative estimate of drug-likeness (QED) is 0.230. The number of hydrogen-bond acceptors (Lipinski definition) is 6. The van der Waals surface area contributed by atoms with Crippen LogP contribution in [-0.2, 0) is 17.6 Å². The molecule has 3 aromatic carbocycles. The maximum Gasteiger partial charge on any atom is 0.166 e. The van der Waals surface area contributed by atoms with Gasteiger partial charge in [-0.1, -0.05) is 30.4 Å². The first-order valence-corrected chi connectivity index (χ1v) is 11.5. The number of methoxy groups -OCH3 is 2. The van der Waals surface area contributed by atoms with E-state index < -0.39 is 5.82 Å². The van der Waals surface area contributed by atoms with Crippen LogP contribution < -0.4 is 14.2 Å². The molecule has 0 radical (unpaired) electrons. The van der Waals surface area contributed by atoms with E-state index in [2.05, 4.69) is 4.98 Å². The van der Waals surface area contributed by atoms with E-state index in [0.717, 1.165) is 0 Å². The first-order valence-electron chi connectivity index (χ1n) is 11.1. The molecule has 4 aromatic rings. The average molecular weight is 508 g/mol. The smallest absolute Gasteiger partial charge is 0.166 e. The second kappa shape index (κ2) is 11.2. The van der Waals surface area contributed by atoms with Gasteiger partial charge in [-0.25, -0.2) is 8.78 Å². The molecule has 0 N–H and O–H groups in total. The number of pyridine rings is 1. The maximum absolute atomic E-state index is 14.9. The van der Waals surface area contributed by atoms with Gasteiger partial charge in [0.25, 0.3) is 0 Å². The maximum atomic E-state index is 14.9. The normalized spacial score (nSPS) is 10.8. The predicted octanol–water partition coefficient (Wildman–Crippen LogP) is 6.44. The lowest BCUT2D eigenvalue weighted by Gasteiger charge is -2.13. The topological polar surface area (TPSA) is 57.7 Å². The van der Waals surface area contributed by atoms with Crippen LogP contribution in [0.3, 0.4) is 0 Å². The number of aromatic nitrogens is 1. The number of ketones is 1. The van der Waals surface area contributed by atoms with E-state index in [9.17, 15) is 13.6 Å². The number of ether oxygens (including phenoxy) is 3. The molecule has 1 aromatic heterocycles. The highest BCUT2D eigenvalue weighted by Crippen LogP contribution is 2.37. The van der Waals surface area contributed by atoms with Gasteiger partial charge in [0.15, 0.2) is 23.1 Å². The Morgan fingerprint density at radius 3 is 2.33 bits per heavy atom. The standard InChI is InChI=1S/C28H23F2NO4S/c1-33-27-15-22-24(16-28(27)34-2)31-9-8-25(22)35-26-7-6-18(13-23(26)30)12-21(36)14-20(32)11-17-4-3-5-19(29)10-17/h3-10,13,15-16H,11-12,14H2,1-2H3. The average Bonchev–Trinajstić information content (AvgIpc) is 2.84. The Kier molecular flexibility index (Phi) is 7.85. The third-order valence-corrected chi connectivity index (χ3v) is 5.80. The molecule has 0 atom stereocenters. The highest BCUT2D eigenvalue weighted by Gasteiger charge is 2.14. The van der Waals surface area contributed by atoms with Gasteiger partial charge in [0.05, 0.1) is 19.7 Å². The molecule has 184 valence electrons. The van der Waals surface area contributed by atoms with Gasteiger partial charge in [0.1, 0.15) is 17.3 Å². The zero-order valence-corrected chi connectivity index (χ0v) is 20.5. The fraction of sp³-hybridized carbons (Fsp3) is 0.179. The van der Waals surface area contributed by atoms with Gasteiger partial charge in [-0.05, 0) is 47.5 Å². The van der Waals surface area contributed by atoms with Gasteiger partial charge < -0.3 is 14.2 Å². The lowest BCUT2D eigenvalue weighted by atomic mass is 10.0. The summed E-state index contributed by atoms with van der Waals surface area (Å²) in [6.45, 7) is 0. The number of rotatable bonds is 10. The Balaban J connectivity index is 1.44. The zero-order valence-electron chi connectivity index (χ0n) is 19.7. The van der Waals surface area contributed by atoms with E-state index in [1.165, 1.54) is 38.5 Å². The van der Waals surface area contributed by atoms with Crippen molar-refractivity contribution in [3.05, 3.63) is 89.6 Å². The molecule has 0 spiro atoms. The van der Waals surface area contributed by atoms with Crippen molar-refractivity contribution in [2.75, 3.05) is 14.2 Å². The van der Waals surface area contributed by atoms with E-state index in [-0.39, 0.29) is 36.6 Å². The number of halogens is 2. The number of Topliss-reactive ketones (excluding diaryl/α,β-unsaturated/α-hetero) is 1. The summed E-state index contributed by atoms with van der Waals surface area (Å²) in [6, 6.07) is 15.6. The molecule has 0 saturated heterocycles. The number of thiocarbonyl (C=S) groups is 1. The molecule has 0 fully saturated rings. The van der Waals surface area contributed by atoms with Crippen LogP contribution >= 0.6 is 12.2 Å². The number of carbonyl (C=O) groups is 1. The zero-order chi connectivity index (χ0) is 25.7. The van der Waals surface area contributed by atoms with Crippen LogP contribution in [0.1, 0.15) is 17.5 Å². The van der Waals surface area contributed by atoms with Crippen molar-refractivity contribution in [2.24, 2.45) is 0 Å². The summed E-state index contributed by atoms with van der Waals surface area (Å²) in [5, 5.41) is 0.636. The molecule has 1 heterocycles. The molecule has 0 amide bonds. The van der Waals surface area contributed by atoms with Crippen molar-refractivity contribution in [3.63, 3.8) is 0 Å². The Labute approximate surface area is 212 Å². The minimum absolute atomic E-state index is 0.0362. The summed E-state index contributed by atoms with van der Waals surface area (Å²) in [7, 11) is 3.06. The summed E-state index contributed by atoms with van der Waals surface area (Å²) in [6.07, 6.45) is 1.97. The SMILES string of the molecule is COc1cc2nccc(Oc3ccc(CC(=S)CC(=O)Cc4cccc(F)c4)cc3F)c2cc1OC. The van der Waals surface area contributed by atoms with Gasteiger partial charge in [-0.2, -0.15) is 0 Å². The number of hydrogen-bond donors (Lipinski definition) is 0. The molecule has 0 unspecified atom stereocenters. The van der Waals surface area contributed by atoms with E-state index in [4.69, 9.17) is 26.4 Å². The fourth-order valence-electron chi connectivity index (χ4n) is 3.84. The first-order chi connectivity index (χ1) is 17.4. The highest BCUT2D eigenvalue weighted by molar-refractivity contribution is 7.80. The predicted molar refractivity (Wildman–Crippen MR) is 137 cm³/mol. The van der Waals surface area contributed by atoms with Crippen molar-refractivity contribution in [1.82, 2.24) is 4.98 Å². The lowest BCUT2D eigenvalue weighted by Crippen LogP contribution is -2.11. The summed E-state index contributed by atoms with van der Waals surface area (Å²) in [4.78, 5) is 17.1. The van der Waals surface area contributed by atoms with Crippen LogP contribution in [0.5, 0.6) is 23.0 Å². The Morgan fingerprint density at radius 2 is 1.61 bits per heavy atom.